The molecule has 1 amide bonds. The summed E-state index contributed by atoms with van der Waals surface area (Å²) in [5.74, 6) is 0.762. The number of fused-ring (bicyclic) bond motifs is 1. The third-order valence-corrected chi connectivity index (χ3v) is 4.36. The van der Waals surface area contributed by atoms with Gasteiger partial charge in [0.15, 0.2) is 5.76 Å². The molecule has 0 saturated carbocycles. The molecule has 2 heterocycles. The smallest absolute Gasteiger partial charge is 0.291 e. The molecule has 0 aliphatic carbocycles. The lowest BCUT2D eigenvalue weighted by Crippen LogP contribution is -2.10. The number of ether oxygens (including phenoxy) is 1. The number of furan rings is 1. The molecule has 4 aromatic rings. The fourth-order valence-electron chi connectivity index (χ4n) is 2.37. The number of amides is 1. The first-order chi connectivity index (χ1) is 13.1. The van der Waals surface area contributed by atoms with Crippen LogP contribution in [0, 0.1) is 0 Å². The highest BCUT2D eigenvalue weighted by Crippen LogP contribution is 2.28. The van der Waals surface area contributed by atoms with Gasteiger partial charge in [-0.3, -0.25) is 4.79 Å². The molecule has 6 nitrogen and oxygen atoms in total. The van der Waals surface area contributed by atoms with Crippen molar-refractivity contribution in [2.75, 3.05) is 5.32 Å². The van der Waals surface area contributed by atoms with Gasteiger partial charge < -0.3 is 14.5 Å². The molecular weight excluding hydrogens is 389 g/mol. The third-order valence-electron chi connectivity index (χ3n) is 3.64. The molecule has 8 heteroatoms. The van der Waals surface area contributed by atoms with E-state index >= 15 is 0 Å². The van der Waals surface area contributed by atoms with Gasteiger partial charge in [-0.05, 0) is 48.5 Å². The van der Waals surface area contributed by atoms with Crippen LogP contribution in [0.15, 0.2) is 65.4 Å². The zero-order chi connectivity index (χ0) is 18.8. The van der Waals surface area contributed by atoms with Crippen LogP contribution in [0.4, 0.5) is 5.69 Å². The minimum absolute atomic E-state index is 0.237. The Hall–Kier alpha value is -3.09. The third kappa shape index (κ3) is 3.86. The maximum Gasteiger partial charge on any atom is 0.291 e. The Kier molecular flexibility index (Phi) is 4.66. The van der Waals surface area contributed by atoms with Crippen LogP contribution in [0.3, 0.4) is 0 Å². The number of aromatic nitrogens is 2. The Labute approximate surface area is 163 Å². The molecule has 1 N–H and O–H groups in total. The van der Waals surface area contributed by atoms with Gasteiger partial charge in [-0.25, -0.2) is 9.97 Å². The van der Waals surface area contributed by atoms with E-state index in [0.29, 0.717) is 38.4 Å². The molecule has 0 atom stereocenters. The van der Waals surface area contributed by atoms with Gasteiger partial charge in [-0.2, -0.15) is 0 Å². The van der Waals surface area contributed by atoms with Gasteiger partial charge >= 0.3 is 0 Å². The van der Waals surface area contributed by atoms with Crippen LogP contribution in [0.25, 0.3) is 11.0 Å². The average Bonchev–Trinajstić information content (AvgIpc) is 3.19. The molecule has 0 unspecified atom stereocenters. The highest BCUT2D eigenvalue weighted by Gasteiger charge is 2.09. The summed E-state index contributed by atoms with van der Waals surface area (Å²) in [6, 6.07) is 13.3. The number of benzene rings is 2. The first-order valence-corrected chi connectivity index (χ1v) is 8.59. The van der Waals surface area contributed by atoms with E-state index in [-0.39, 0.29) is 11.7 Å². The molecule has 2 aromatic carbocycles. The summed E-state index contributed by atoms with van der Waals surface area (Å²) in [5.41, 5.74) is 1.80. The number of hydrogen-bond donors (Lipinski definition) is 1. The summed E-state index contributed by atoms with van der Waals surface area (Å²) in [4.78, 5) is 20.6. The van der Waals surface area contributed by atoms with Crippen LogP contribution in [-0.2, 0) is 0 Å². The van der Waals surface area contributed by atoms with Gasteiger partial charge in [0, 0.05) is 5.69 Å². The molecule has 134 valence electrons. The predicted molar refractivity (Wildman–Crippen MR) is 103 cm³/mol. The maximum absolute atomic E-state index is 12.0. The van der Waals surface area contributed by atoms with Crippen molar-refractivity contribution in [3.05, 3.63) is 76.8 Å². The zero-order valence-electron chi connectivity index (χ0n) is 13.6. The van der Waals surface area contributed by atoms with Crippen molar-refractivity contribution in [1.82, 2.24) is 9.97 Å². The lowest BCUT2D eigenvalue weighted by Gasteiger charge is -2.08. The molecule has 0 fully saturated rings. The summed E-state index contributed by atoms with van der Waals surface area (Å²) in [5, 5.41) is 3.54. The monoisotopic (exact) mass is 399 g/mol. The molecule has 0 aliphatic heterocycles. The molecular formula is C19H11Cl2N3O3. The van der Waals surface area contributed by atoms with Crippen molar-refractivity contribution >= 4 is 45.8 Å². The molecule has 0 bridgehead atoms. The molecule has 0 aliphatic rings. The fraction of sp³-hybridized carbons (Fsp3) is 0. The van der Waals surface area contributed by atoms with E-state index in [1.165, 1.54) is 12.5 Å². The van der Waals surface area contributed by atoms with Gasteiger partial charge in [0.2, 0.25) is 5.88 Å². The standard InChI is InChI=1S/C19H11Cl2N3O3/c20-13-8-15-16(9-14(13)21)24-18(10-22-15)27-12-5-3-11(4-6-12)23-19(25)17-2-1-7-26-17/h1-10H,(H,23,25). The Morgan fingerprint density at radius 1 is 1.04 bits per heavy atom. The number of anilines is 1. The van der Waals surface area contributed by atoms with Crippen molar-refractivity contribution in [2.24, 2.45) is 0 Å². The Morgan fingerprint density at radius 3 is 2.48 bits per heavy atom. The number of carbonyl (C=O) groups is 1. The van der Waals surface area contributed by atoms with E-state index in [2.05, 4.69) is 15.3 Å². The second kappa shape index (κ2) is 7.26. The summed E-state index contributed by atoms with van der Waals surface area (Å²) >= 11 is 12.0. The van der Waals surface area contributed by atoms with Gasteiger partial charge in [0.1, 0.15) is 5.75 Å². The van der Waals surface area contributed by atoms with E-state index in [4.69, 9.17) is 32.4 Å². The molecule has 27 heavy (non-hydrogen) atoms. The van der Waals surface area contributed by atoms with Gasteiger partial charge in [-0.15, -0.1) is 0 Å². The first-order valence-electron chi connectivity index (χ1n) is 7.83. The van der Waals surface area contributed by atoms with E-state index in [1.807, 2.05) is 0 Å². The molecule has 0 spiro atoms. The second-order valence-corrected chi connectivity index (χ2v) is 6.34. The number of carbonyl (C=O) groups excluding carboxylic acids is 1. The molecule has 2 aromatic heterocycles. The number of halogens is 2. The van der Waals surface area contributed by atoms with Crippen LogP contribution in [-0.4, -0.2) is 15.9 Å². The lowest BCUT2D eigenvalue weighted by atomic mass is 10.3. The first kappa shape index (κ1) is 17.3. The largest absolute Gasteiger partial charge is 0.459 e. The van der Waals surface area contributed by atoms with Gasteiger partial charge in [-0.1, -0.05) is 23.2 Å². The average molecular weight is 400 g/mol. The van der Waals surface area contributed by atoms with Crippen LogP contribution >= 0.6 is 23.2 Å². The van der Waals surface area contributed by atoms with Crippen molar-refractivity contribution in [2.45, 2.75) is 0 Å². The van der Waals surface area contributed by atoms with Crippen molar-refractivity contribution in [1.29, 1.82) is 0 Å². The summed E-state index contributed by atoms with van der Waals surface area (Å²) in [7, 11) is 0. The highest BCUT2D eigenvalue weighted by molar-refractivity contribution is 6.42. The number of hydrogen-bond acceptors (Lipinski definition) is 5. The summed E-state index contributed by atoms with van der Waals surface area (Å²) in [6.45, 7) is 0. The summed E-state index contributed by atoms with van der Waals surface area (Å²) in [6.07, 6.45) is 2.94. The van der Waals surface area contributed by atoms with E-state index < -0.39 is 0 Å². The normalized spacial score (nSPS) is 10.7. The number of nitrogens with zero attached hydrogens (tertiary/aromatic N) is 2. The molecule has 0 radical (unpaired) electrons. The van der Waals surface area contributed by atoms with E-state index in [0.717, 1.165) is 0 Å². The van der Waals surface area contributed by atoms with E-state index in [9.17, 15) is 4.79 Å². The zero-order valence-corrected chi connectivity index (χ0v) is 15.2. The Morgan fingerprint density at radius 2 is 1.78 bits per heavy atom. The minimum Gasteiger partial charge on any atom is -0.459 e. The van der Waals surface area contributed by atoms with Gasteiger partial charge in [0.05, 0.1) is 33.5 Å². The summed E-state index contributed by atoms with van der Waals surface area (Å²) < 4.78 is 10.8. The van der Waals surface area contributed by atoms with Crippen molar-refractivity contribution in [3.8, 4) is 11.6 Å². The topological polar surface area (TPSA) is 77.2 Å². The van der Waals surface area contributed by atoms with Crippen LogP contribution in [0.5, 0.6) is 11.6 Å². The van der Waals surface area contributed by atoms with Crippen molar-refractivity contribution < 1.29 is 13.9 Å². The highest BCUT2D eigenvalue weighted by atomic mass is 35.5. The number of nitrogens with one attached hydrogen (secondary N) is 1. The molecule has 0 saturated heterocycles. The van der Waals surface area contributed by atoms with Gasteiger partial charge in [0.25, 0.3) is 5.91 Å². The SMILES string of the molecule is O=C(Nc1ccc(Oc2cnc3cc(Cl)c(Cl)cc3n2)cc1)c1ccco1. The number of rotatable bonds is 4. The predicted octanol–water partition coefficient (Wildman–Crippen LogP) is 5.57. The van der Waals surface area contributed by atoms with Crippen LogP contribution in [0.1, 0.15) is 10.6 Å². The molecule has 4 rings (SSSR count). The lowest BCUT2D eigenvalue weighted by molar-refractivity contribution is 0.0996. The second-order valence-electron chi connectivity index (χ2n) is 5.52. The van der Waals surface area contributed by atoms with E-state index in [1.54, 1.807) is 48.5 Å². The maximum atomic E-state index is 12.0. The minimum atomic E-state index is -0.329. The fourth-order valence-corrected chi connectivity index (χ4v) is 2.68. The van der Waals surface area contributed by atoms with Crippen LogP contribution < -0.4 is 10.1 Å². The quantitative estimate of drug-likeness (QED) is 0.484. The Balaban J connectivity index is 1.49. The van der Waals surface area contributed by atoms with Crippen molar-refractivity contribution in [3.63, 3.8) is 0 Å². The van der Waals surface area contributed by atoms with Crippen LogP contribution in [0.2, 0.25) is 10.0 Å². The Bertz CT molecular complexity index is 1110.